The third-order valence-electron chi connectivity index (χ3n) is 3.56. The van der Waals surface area contributed by atoms with Gasteiger partial charge in [0.15, 0.2) is 0 Å². The first-order chi connectivity index (χ1) is 7.41. The van der Waals surface area contributed by atoms with Crippen LogP contribution in [0.25, 0.3) is 0 Å². The Labute approximate surface area is 99.1 Å². The van der Waals surface area contributed by atoms with Crippen molar-refractivity contribution in [1.82, 2.24) is 0 Å². The van der Waals surface area contributed by atoms with Crippen molar-refractivity contribution < 1.29 is 0 Å². The third kappa shape index (κ3) is 2.27. The van der Waals surface area contributed by atoms with Gasteiger partial charge >= 0.3 is 0 Å². The Hall–Kier alpha value is -1.29. The molecule has 1 atom stereocenters. The van der Waals surface area contributed by atoms with Crippen molar-refractivity contribution in [2.24, 2.45) is 5.92 Å². The lowest BCUT2D eigenvalue weighted by atomic mass is 9.74. The Balaban J connectivity index is 3.11. The van der Waals surface area contributed by atoms with Crippen LogP contribution in [-0.4, -0.2) is 0 Å². The average Bonchev–Trinajstić information content (AvgIpc) is 2.27. The van der Waals surface area contributed by atoms with Gasteiger partial charge in [0.25, 0.3) is 0 Å². The Morgan fingerprint density at radius 3 is 1.88 bits per heavy atom. The fourth-order valence-corrected chi connectivity index (χ4v) is 1.74. The highest BCUT2D eigenvalue weighted by Gasteiger charge is 2.30. The summed E-state index contributed by atoms with van der Waals surface area (Å²) < 4.78 is 0. The molecule has 0 aliphatic carbocycles. The van der Waals surface area contributed by atoms with Gasteiger partial charge in [-0.3, -0.25) is 0 Å². The second kappa shape index (κ2) is 4.70. The molecule has 1 rings (SSSR count). The molecule has 16 heavy (non-hydrogen) atoms. The van der Waals surface area contributed by atoms with Crippen LogP contribution in [0.3, 0.4) is 0 Å². The fraction of sp³-hybridized carbons (Fsp3) is 0.533. The zero-order chi connectivity index (χ0) is 12.3. The van der Waals surface area contributed by atoms with Gasteiger partial charge in [-0.1, -0.05) is 52.0 Å². The van der Waals surface area contributed by atoms with Gasteiger partial charge in [0.1, 0.15) is 0 Å². The Morgan fingerprint density at radius 2 is 1.56 bits per heavy atom. The number of hydrogen-bond acceptors (Lipinski definition) is 1. The molecule has 0 radical (unpaired) electrons. The average molecular weight is 215 g/mol. The van der Waals surface area contributed by atoms with E-state index in [1.54, 1.807) is 0 Å². The minimum absolute atomic E-state index is 0.322. The number of nitriles is 1. The van der Waals surface area contributed by atoms with Gasteiger partial charge in [-0.05, 0) is 29.9 Å². The molecule has 0 fully saturated rings. The summed E-state index contributed by atoms with van der Waals surface area (Å²) in [5, 5.41) is 9.34. The zero-order valence-electron chi connectivity index (χ0n) is 10.9. The fourth-order valence-electron chi connectivity index (χ4n) is 1.74. The molecule has 0 bridgehead atoms. The predicted molar refractivity (Wildman–Crippen MR) is 68.3 cm³/mol. The van der Waals surface area contributed by atoms with Crippen molar-refractivity contribution in [3.63, 3.8) is 0 Å². The monoisotopic (exact) mass is 215 g/mol. The first-order valence-corrected chi connectivity index (χ1v) is 5.93. The molecule has 1 aromatic carbocycles. The van der Waals surface area contributed by atoms with E-state index in [-0.39, 0.29) is 5.41 Å². The van der Waals surface area contributed by atoms with E-state index in [4.69, 9.17) is 0 Å². The van der Waals surface area contributed by atoms with E-state index in [1.165, 1.54) is 5.56 Å². The molecule has 86 valence electrons. The van der Waals surface area contributed by atoms with Crippen LogP contribution in [0.5, 0.6) is 0 Å². The van der Waals surface area contributed by atoms with E-state index in [9.17, 15) is 5.26 Å². The van der Waals surface area contributed by atoms with Crippen LogP contribution in [0.15, 0.2) is 24.3 Å². The van der Waals surface area contributed by atoms with Gasteiger partial charge in [-0.15, -0.1) is 0 Å². The van der Waals surface area contributed by atoms with Crippen LogP contribution in [0, 0.1) is 17.2 Å². The molecular formula is C15H21N. The largest absolute Gasteiger partial charge is 0.197 e. The van der Waals surface area contributed by atoms with Crippen LogP contribution < -0.4 is 0 Å². The van der Waals surface area contributed by atoms with Crippen LogP contribution in [0.4, 0.5) is 0 Å². The molecule has 0 aliphatic heterocycles. The standard InChI is InChI=1S/C15H21N/c1-11(2)13-6-8-14(9-7-13)15(5,10-16)12(3)4/h6-9,11-12H,1-5H3. The molecule has 0 saturated carbocycles. The summed E-state index contributed by atoms with van der Waals surface area (Å²) in [5.74, 6) is 0.865. The Bertz CT molecular complexity index is 381. The lowest BCUT2D eigenvalue weighted by Gasteiger charge is -2.26. The number of rotatable bonds is 3. The summed E-state index contributed by atoms with van der Waals surface area (Å²) in [6, 6.07) is 10.9. The normalized spacial score (nSPS) is 14.9. The maximum Gasteiger partial charge on any atom is 0.0817 e. The van der Waals surface area contributed by atoms with Crippen molar-refractivity contribution in [2.75, 3.05) is 0 Å². The van der Waals surface area contributed by atoms with E-state index in [2.05, 4.69) is 58.0 Å². The minimum Gasteiger partial charge on any atom is -0.197 e. The first kappa shape index (κ1) is 12.8. The third-order valence-corrected chi connectivity index (χ3v) is 3.56. The van der Waals surface area contributed by atoms with E-state index >= 15 is 0 Å². The summed E-state index contributed by atoms with van der Waals surface area (Å²) in [4.78, 5) is 0. The van der Waals surface area contributed by atoms with Gasteiger partial charge < -0.3 is 0 Å². The van der Waals surface area contributed by atoms with Gasteiger partial charge in [-0.25, -0.2) is 0 Å². The van der Waals surface area contributed by atoms with Crippen LogP contribution in [-0.2, 0) is 5.41 Å². The maximum atomic E-state index is 9.34. The minimum atomic E-state index is -0.379. The summed E-state index contributed by atoms with van der Waals surface area (Å²) in [6.45, 7) is 10.6. The lowest BCUT2D eigenvalue weighted by Crippen LogP contribution is -2.26. The lowest BCUT2D eigenvalue weighted by molar-refractivity contribution is 0.431. The molecule has 0 saturated heterocycles. The molecule has 0 heterocycles. The van der Waals surface area contributed by atoms with Crippen molar-refractivity contribution in [1.29, 1.82) is 5.26 Å². The highest BCUT2D eigenvalue weighted by Crippen LogP contribution is 2.31. The number of nitrogens with zero attached hydrogens (tertiary/aromatic N) is 1. The Kier molecular flexibility index (Phi) is 3.75. The predicted octanol–water partition coefficient (Wildman–Crippen LogP) is 4.25. The van der Waals surface area contributed by atoms with Crippen molar-refractivity contribution in [2.45, 2.75) is 46.0 Å². The second-order valence-corrected chi connectivity index (χ2v) is 5.25. The highest BCUT2D eigenvalue weighted by atomic mass is 14.4. The van der Waals surface area contributed by atoms with Gasteiger partial charge in [0.05, 0.1) is 11.5 Å². The molecule has 0 aromatic heterocycles. The maximum absolute atomic E-state index is 9.34. The SMILES string of the molecule is CC(C)c1ccc(C(C)(C#N)C(C)C)cc1. The summed E-state index contributed by atoms with van der Waals surface area (Å²) in [7, 11) is 0. The molecule has 0 amide bonds. The van der Waals surface area contributed by atoms with Gasteiger partial charge in [0, 0.05) is 0 Å². The van der Waals surface area contributed by atoms with Crippen molar-refractivity contribution in [3.8, 4) is 6.07 Å². The smallest absolute Gasteiger partial charge is 0.0817 e. The van der Waals surface area contributed by atoms with Crippen molar-refractivity contribution >= 4 is 0 Å². The molecule has 0 N–H and O–H groups in total. The topological polar surface area (TPSA) is 23.8 Å². The van der Waals surface area contributed by atoms with Gasteiger partial charge in [0.2, 0.25) is 0 Å². The number of benzene rings is 1. The zero-order valence-corrected chi connectivity index (χ0v) is 10.9. The molecule has 1 heteroatoms. The highest BCUT2D eigenvalue weighted by molar-refractivity contribution is 5.35. The number of hydrogen-bond donors (Lipinski definition) is 0. The molecule has 1 aromatic rings. The molecular weight excluding hydrogens is 194 g/mol. The molecule has 0 spiro atoms. The van der Waals surface area contributed by atoms with Crippen LogP contribution in [0.2, 0.25) is 0 Å². The van der Waals surface area contributed by atoms with Crippen molar-refractivity contribution in [3.05, 3.63) is 35.4 Å². The van der Waals surface area contributed by atoms with Crippen LogP contribution >= 0.6 is 0 Å². The quantitative estimate of drug-likeness (QED) is 0.739. The molecule has 1 nitrogen and oxygen atoms in total. The van der Waals surface area contributed by atoms with E-state index in [0.29, 0.717) is 11.8 Å². The van der Waals surface area contributed by atoms with Crippen LogP contribution in [0.1, 0.15) is 51.7 Å². The van der Waals surface area contributed by atoms with E-state index < -0.39 is 0 Å². The van der Waals surface area contributed by atoms with E-state index in [1.807, 2.05) is 6.92 Å². The molecule has 1 unspecified atom stereocenters. The Morgan fingerprint density at radius 1 is 1.06 bits per heavy atom. The summed E-state index contributed by atoms with van der Waals surface area (Å²) in [5.41, 5.74) is 2.07. The summed E-state index contributed by atoms with van der Waals surface area (Å²) >= 11 is 0. The second-order valence-electron chi connectivity index (χ2n) is 5.25. The first-order valence-electron chi connectivity index (χ1n) is 5.93. The van der Waals surface area contributed by atoms with Gasteiger partial charge in [-0.2, -0.15) is 5.26 Å². The molecule has 0 aliphatic rings. The van der Waals surface area contributed by atoms with E-state index in [0.717, 1.165) is 5.56 Å². The summed E-state index contributed by atoms with van der Waals surface area (Å²) in [6.07, 6.45) is 0.